The monoisotopic (exact) mass is 226 g/mol. The minimum atomic E-state index is 0.203. The summed E-state index contributed by atoms with van der Waals surface area (Å²) in [5.41, 5.74) is 2.50. The van der Waals surface area contributed by atoms with Gasteiger partial charge in [0.15, 0.2) is 11.1 Å². The smallest absolute Gasteiger partial charge is 0.173 e. The normalized spacial score (nSPS) is 10.8. The van der Waals surface area contributed by atoms with Crippen molar-refractivity contribution in [1.29, 1.82) is 5.41 Å². The topological polar surface area (TPSA) is 83.2 Å². The zero-order valence-corrected chi connectivity index (χ0v) is 8.96. The average molecular weight is 226 g/mol. The third-order valence-electron chi connectivity index (χ3n) is 2.51. The molecule has 0 bridgehead atoms. The summed E-state index contributed by atoms with van der Waals surface area (Å²) in [6.07, 6.45) is 4.93. The number of hydrogen-bond donors (Lipinski definition) is 2. The molecule has 2 N–H and O–H groups in total. The van der Waals surface area contributed by atoms with E-state index in [-0.39, 0.29) is 5.49 Å². The largest absolute Gasteiger partial charge is 0.340 e. The van der Waals surface area contributed by atoms with E-state index in [1.807, 2.05) is 22.8 Å². The highest BCUT2D eigenvalue weighted by atomic mass is 15.1. The Morgan fingerprint density at radius 1 is 1.24 bits per heavy atom. The van der Waals surface area contributed by atoms with Crippen LogP contribution in [0, 0.1) is 5.41 Å². The van der Waals surface area contributed by atoms with Gasteiger partial charge in [0.25, 0.3) is 0 Å². The molecule has 3 rings (SSSR count). The lowest BCUT2D eigenvalue weighted by atomic mass is 10.3. The van der Waals surface area contributed by atoms with Crippen LogP contribution in [0.1, 0.15) is 5.69 Å². The van der Waals surface area contributed by atoms with Crippen molar-refractivity contribution in [1.82, 2.24) is 24.5 Å². The first-order valence-corrected chi connectivity index (χ1v) is 5.17. The van der Waals surface area contributed by atoms with Crippen molar-refractivity contribution >= 4 is 11.2 Å². The van der Waals surface area contributed by atoms with Crippen molar-refractivity contribution in [3.63, 3.8) is 0 Å². The number of nitrogens with one attached hydrogen (secondary N) is 2. The van der Waals surface area contributed by atoms with Crippen molar-refractivity contribution in [3.8, 4) is 0 Å². The second-order valence-corrected chi connectivity index (χ2v) is 3.64. The predicted octanol–water partition coefficient (Wildman–Crippen LogP) is 0.682. The number of hydrogen-bond acceptors (Lipinski definition) is 4. The van der Waals surface area contributed by atoms with Gasteiger partial charge in [-0.25, -0.2) is 9.97 Å². The van der Waals surface area contributed by atoms with Crippen molar-refractivity contribution in [3.05, 3.63) is 48.2 Å². The van der Waals surface area contributed by atoms with Gasteiger partial charge in [-0.2, -0.15) is 0 Å². The molecule has 0 atom stereocenters. The van der Waals surface area contributed by atoms with Gasteiger partial charge in [-0.1, -0.05) is 6.07 Å². The molecule has 0 unspecified atom stereocenters. The third-order valence-corrected chi connectivity index (χ3v) is 2.51. The van der Waals surface area contributed by atoms with Crippen LogP contribution in [0.3, 0.4) is 0 Å². The average Bonchev–Trinajstić information content (AvgIpc) is 2.84. The quantitative estimate of drug-likeness (QED) is 0.674. The Morgan fingerprint density at radius 3 is 3.00 bits per heavy atom. The minimum absolute atomic E-state index is 0.203. The number of rotatable bonds is 2. The third kappa shape index (κ3) is 1.69. The van der Waals surface area contributed by atoms with Gasteiger partial charge in [-0.15, -0.1) is 0 Å². The van der Waals surface area contributed by atoms with E-state index in [0.717, 1.165) is 11.3 Å². The van der Waals surface area contributed by atoms with Gasteiger partial charge in [0.2, 0.25) is 0 Å². The van der Waals surface area contributed by atoms with Gasteiger partial charge in [0.1, 0.15) is 5.52 Å². The van der Waals surface area contributed by atoms with Crippen LogP contribution >= 0.6 is 0 Å². The Morgan fingerprint density at radius 2 is 2.18 bits per heavy atom. The molecule has 6 heteroatoms. The van der Waals surface area contributed by atoms with E-state index in [1.165, 1.54) is 0 Å². The number of imidazole rings is 1. The SMILES string of the molecule is N=c1ncn(Cc2ccccn2)c2nc[nH]c12. The Hall–Kier alpha value is -2.50. The van der Waals surface area contributed by atoms with E-state index >= 15 is 0 Å². The molecule has 0 aliphatic rings. The van der Waals surface area contributed by atoms with Gasteiger partial charge in [0.05, 0.1) is 24.9 Å². The number of H-pyrrole nitrogens is 1. The maximum atomic E-state index is 7.65. The first-order chi connectivity index (χ1) is 8.34. The first kappa shape index (κ1) is 9.71. The number of nitrogens with zero attached hydrogens (tertiary/aromatic N) is 4. The Bertz CT molecular complexity index is 697. The van der Waals surface area contributed by atoms with Crippen molar-refractivity contribution in [2.75, 3.05) is 0 Å². The molecule has 0 aliphatic heterocycles. The molecule has 0 fully saturated rings. The molecular formula is C11H10N6. The summed E-state index contributed by atoms with van der Waals surface area (Å²) >= 11 is 0. The van der Waals surface area contributed by atoms with E-state index in [9.17, 15) is 0 Å². The summed E-state index contributed by atoms with van der Waals surface area (Å²) < 4.78 is 1.87. The second kappa shape index (κ2) is 3.82. The summed E-state index contributed by atoms with van der Waals surface area (Å²) in [6.45, 7) is 0.593. The maximum Gasteiger partial charge on any atom is 0.173 e. The summed E-state index contributed by atoms with van der Waals surface area (Å²) in [5, 5.41) is 7.65. The zero-order valence-electron chi connectivity index (χ0n) is 8.96. The number of aromatic nitrogens is 5. The van der Waals surface area contributed by atoms with Crippen LogP contribution in [0.25, 0.3) is 11.2 Å². The summed E-state index contributed by atoms with van der Waals surface area (Å²) in [5.74, 6) is 0. The molecule has 0 saturated heterocycles. The maximum absolute atomic E-state index is 7.65. The van der Waals surface area contributed by atoms with Crippen molar-refractivity contribution < 1.29 is 0 Å². The van der Waals surface area contributed by atoms with Gasteiger partial charge in [-0.3, -0.25) is 10.4 Å². The van der Waals surface area contributed by atoms with Gasteiger partial charge in [-0.05, 0) is 12.1 Å². The molecular weight excluding hydrogens is 216 g/mol. The molecule has 0 saturated carbocycles. The standard InChI is InChI=1S/C11H10N6/c12-10-9-11(15-6-14-9)17(7-16-10)5-8-3-1-2-4-13-8/h1-4,6-7,12H,5H2,(H,14,15). The van der Waals surface area contributed by atoms with Gasteiger partial charge in [0, 0.05) is 6.20 Å². The highest BCUT2D eigenvalue weighted by Crippen LogP contribution is 2.05. The van der Waals surface area contributed by atoms with Crippen LogP contribution in [0.2, 0.25) is 0 Å². The molecule has 0 amide bonds. The number of fused-ring (bicyclic) bond motifs is 1. The van der Waals surface area contributed by atoms with E-state index < -0.39 is 0 Å². The second-order valence-electron chi connectivity index (χ2n) is 3.64. The summed E-state index contributed by atoms with van der Waals surface area (Å²) in [6, 6.07) is 5.76. The predicted molar refractivity (Wildman–Crippen MR) is 61.1 cm³/mol. The molecule has 0 aromatic carbocycles. The molecule has 17 heavy (non-hydrogen) atoms. The molecule has 6 nitrogen and oxygen atoms in total. The van der Waals surface area contributed by atoms with Gasteiger partial charge >= 0.3 is 0 Å². The molecule has 3 aromatic rings. The molecule has 3 aromatic heterocycles. The Labute approximate surface area is 96.5 Å². The Kier molecular flexibility index (Phi) is 2.18. The molecule has 84 valence electrons. The van der Waals surface area contributed by atoms with Crippen LogP contribution in [-0.4, -0.2) is 24.5 Å². The van der Waals surface area contributed by atoms with Crippen LogP contribution in [0.15, 0.2) is 37.1 Å². The lowest BCUT2D eigenvalue weighted by molar-refractivity contribution is 0.763. The summed E-state index contributed by atoms with van der Waals surface area (Å²) in [4.78, 5) is 15.4. The molecule has 0 radical (unpaired) electrons. The van der Waals surface area contributed by atoms with Crippen LogP contribution in [0.4, 0.5) is 0 Å². The lowest BCUT2D eigenvalue weighted by Gasteiger charge is -2.05. The van der Waals surface area contributed by atoms with E-state index in [4.69, 9.17) is 5.41 Å². The van der Waals surface area contributed by atoms with E-state index in [2.05, 4.69) is 19.9 Å². The molecule has 3 heterocycles. The fourth-order valence-electron chi connectivity index (χ4n) is 1.71. The zero-order chi connectivity index (χ0) is 11.7. The number of pyridine rings is 1. The van der Waals surface area contributed by atoms with E-state index in [0.29, 0.717) is 12.1 Å². The number of aromatic amines is 1. The molecule has 0 spiro atoms. The summed E-state index contributed by atoms with van der Waals surface area (Å²) in [7, 11) is 0. The highest BCUT2D eigenvalue weighted by Gasteiger charge is 2.04. The molecule has 0 aliphatic carbocycles. The van der Waals surface area contributed by atoms with Crippen LogP contribution in [-0.2, 0) is 6.54 Å². The fraction of sp³-hybridized carbons (Fsp3) is 0.0909. The fourth-order valence-corrected chi connectivity index (χ4v) is 1.71. The minimum Gasteiger partial charge on any atom is -0.340 e. The van der Waals surface area contributed by atoms with Crippen molar-refractivity contribution in [2.45, 2.75) is 6.54 Å². The first-order valence-electron chi connectivity index (χ1n) is 5.17. The van der Waals surface area contributed by atoms with Gasteiger partial charge < -0.3 is 9.55 Å². The van der Waals surface area contributed by atoms with Crippen LogP contribution < -0.4 is 5.49 Å². The van der Waals surface area contributed by atoms with E-state index in [1.54, 1.807) is 18.9 Å². The van der Waals surface area contributed by atoms with Crippen molar-refractivity contribution in [2.24, 2.45) is 0 Å². The highest BCUT2D eigenvalue weighted by molar-refractivity contribution is 5.68. The lowest BCUT2D eigenvalue weighted by Crippen LogP contribution is -2.13. The van der Waals surface area contributed by atoms with Crippen LogP contribution in [0.5, 0.6) is 0 Å². The Balaban J connectivity index is 2.10.